The minimum Gasteiger partial charge on any atom is -0.326 e. The van der Waals surface area contributed by atoms with Crippen molar-refractivity contribution < 1.29 is 4.79 Å². The van der Waals surface area contributed by atoms with Crippen molar-refractivity contribution in [2.24, 2.45) is 0 Å². The number of aromatic nitrogens is 4. The number of amides is 1. The molecule has 0 radical (unpaired) electrons. The quantitative estimate of drug-likeness (QED) is 0.544. The highest BCUT2D eigenvalue weighted by atomic mass is 35.5. The van der Waals surface area contributed by atoms with Gasteiger partial charge in [-0.3, -0.25) is 9.59 Å². The SMILES string of the molecule is O=C(CCc1ccccc1Cl)Nc1ccc(-n2ncc3c(=O)[nH]cnc32)cc1. The first-order valence-corrected chi connectivity index (χ1v) is 9.05. The zero-order valence-electron chi connectivity index (χ0n) is 14.7. The highest BCUT2D eigenvalue weighted by Gasteiger charge is 2.10. The van der Waals surface area contributed by atoms with Crippen molar-refractivity contribution in [1.82, 2.24) is 19.7 Å². The Labute approximate surface area is 165 Å². The van der Waals surface area contributed by atoms with Crippen molar-refractivity contribution in [3.63, 3.8) is 0 Å². The van der Waals surface area contributed by atoms with Crippen molar-refractivity contribution in [3.8, 4) is 5.69 Å². The van der Waals surface area contributed by atoms with E-state index in [1.54, 1.807) is 28.9 Å². The van der Waals surface area contributed by atoms with E-state index in [2.05, 4.69) is 20.4 Å². The number of halogens is 1. The van der Waals surface area contributed by atoms with Crippen molar-refractivity contribution in [1.29, 1.82) is 0 Å². The van der Waals surface area contributed by atoms with Crippen LogP contribution in [-0.2, 0) is 11.2 Å². The first-order chi connectivity index (χ1) is 13.6. The maximum Gasteiger partial charge on any atom is 0.261 e. The van der Waals surface area contributed by atoms with Crippen LogP contribution < -0.4 is 10.9 Å². The third-order valence-corrected chi connectivity index (χ3v) is 4.71. The van der Waals surface area contributed by atoms with Gasteiger partial charge in [0.25, 0.3) is 5.56 Å². The molecular weight excluding hydrogens is 378 g/mol. The van der Waals surface area contributed by atoms with Crippen LogP contribution in [0.1, 0.15) is 12.0 Å². The lowest BCUT2D eigenvalue weighted by Gasteiger charge is -2.08. The van der Waals surface area contributed by atoms with Gasteiger partial charge in [-0.2, -0.15) is 5.10 Å². The highest BCUT2D eigenvalue weighted by Crippen LogP contribution is 2.18. The summed E-state index contributed by atoms with van der Waals surface area (Å²) >= 11 is 6.12. The molecule has 2 heterocycles. The van der Waals surface area contributed by atoms with Gasteiger partial charge >= 0.3 is 0 Å². The predicted molar refractivity (Wildman–Crippen MR) is 108 cm³/mol. The van der Waals surface area contributed by atoms with E-state index in [4.69, 9.17) is 11.6 Å². The largest absolute Gasteiger partial charge is 0.326 e. The van der Waals surface area contributed by atoms with Crippen molar-refractivity contribution in [3.05, 3.63) is 82.0 Å². The van der Waals surface area contributed by atoms with Gasteiger partial charge < -0.3 is 10.3 Å². The Bertz CT molecular complexity index is 1200. The van der Waals surface area contributed by atoms with E-state index in [9.17, 15) is 9.59 Å². The van der Waals surface area contributed by atoms with Crippen molar-refractivity contribution in [2.75, 3.05) is 5.32 Å². The molecular formula is C20H16ClN5O2. The molecule has 0 fully saturated rings. The number of nitrogens with one attached hydrogen (secondary N) is 2. The summed E-state index contributed by atoms with van der Waals surface area (Å²) in [5, 5.41) is 8.17. The highest BCUT2D eigenvalue weighted by molar-refractivity contribution is 6.31. The molecule has 0 unspecified atom stereocenters. The Morgan fingerprint density at radius 2 is 1.93 bits per heavy atom. The van der Waals surface area contributed by atoms with Gasteiger partial charge in [0.15, 0.2) is 5.65 Å². The topological polar surface area (TPSA) is 92.7 Å². The maximum absolute atomic E-state index is 12.2. The van der Waals surface area contributed by atoms with Gasteiger partial charge in [-0.25, -0.2) is 9.67 Å². The maximum atomic E-state index is 12.2. The molecule has 0 aliphatic heterocycles. The number of fused-ring (bicyclic) bond motifs is 1. The lowest BCUT2D eigenvalue weighted by atomic mass is 10.1. The van der Waals surface area contributed by atoms with E-state index in [1.165, 1.54) is 12.5 Å². The molecule has 4 rings (SSSR count). The lowest BCUT2D eigenvalue weighted by molar-refractivity contribution is -0.116. The van der Waals surface area contributed by atoms with E-state index in [0.717, 1.165) is 11.3 Å². The average molecular weight is 394 g/mol. The normalized spacial score (nSPS) is 10.9. The molecule has 28 heavy (non-hydrogen) atoms. The fourth-order valence-electron chi connectivity index (χ4n) is 2.90. The summed E-state index contributed by atoms with van der Waals surface area (Å²) in [6, 6.07) is 14.7. The van der Waals surface area contributed by atoms with Crippen LogP contribution in [0.5, 0.6) is 0 Å². The summed E-state index contributed by atoms with van der Waals surface area (Å²) in [4.78, 5) is 30.7. The number of carbonyl (C=O) groups is 1. The van der Waals surface area contributed by atoms with E-state index in [1.807, 2.05) is 24.3 Å². The first-order valence-electron chi connectivity index (χ1n) is 8.67. The first kappa shape index (κ1) is 17.9. The molecule has 1 amide bonds. The number of rotatable bonds is 5. The molecule has 8 heteroatoms. The third-order valence-electron chi connectivity index (χ3n) is 4.35. The number of carbonyl (C=O) groups excluding carboxylic acids is 1. The Hall–Kier alpha value is -3.45. The van der Waals surface area contributed by atoms with Crippen LogP contribution in [0.25, 0.3) is 16.7 Å². The van der Waals surface area contributed by atoms with Gasteiger partial charge in [0.2, 0.25) is 5.91 Å². The fourth-order valence-corrected chi connectivity index (χ4v) is 3.13. The van der Waals surface area contributed by atoms with Crippen LogP contribution in [-0.4, -0.2) is 25.7 Å². The molecule has 0 bridgehead atoms. The minimum atomic E-state index is -0.237. The monoisotopic (exact) mass is 393 g/mol. The Morgan fingerprint density at radius 1 is 1.14 bits per heavy atom. The standard InChI is InChI=1S/C20H16ClN5O2/c21-17-4-2-1-3-13(17)5-10-18(27)25-14-6-8-15(9-7-14)26-19-16(11-24-26)20(28)23-12-22-19/h1-4,6-9,11-12H,5,10H2,(H,25,27)(H,22,23,28). The Morgan fingerprint density at radius 3 is 2.71 bits per heavy atom. The van der Waals surface area contributed by atoms with E-state index < -0.39 is 0 Å². The van der Waals surface area contributed by atoms with Gasteiger partial charge in [-0.1, -0.05) is 29.8 Å². The molecule has 140 valence electrons. The Balaban J connectivity index is 1.44. The molecule has 2 aromatic carbocycles. The van der Waals surface area contributed by atoms with E-state index >= 15 is 0 Å². The second-order valence-corrected chi connectivity index (χ2v) is 6.62. The number of nitrogens with zero attached hydrogens (tertiary/aromatic N) is 3. The van der Waals surface area contributed by atoms with E-state index in [0.29, 0.717) is 34.6 Å². The summed E-state index contributed by atoms with van der Waals surface area (Å²) in [5.74, 6) is -0.0922. The number of benzene rings is 2. The zero-order valence-corrected chi connectivity index (χ0v) is 15.5. The number of H-pyrrole nitrogens is 1. The molecule has 0 aliphatic carbocycles. The predicted octanol–water partition coefficient (Wildman–Crippen LogP) is 3.33. The van der Waals surface area contributed by atoms with Crippen LogP contribution in [0.4, 0.5) is 5.69 Å². The molecule has 0 saturated carbocycles. The van der Waals surface area contributed by atoms with E-state index in [-0.39, 0.29) is 11.5 Å². The van der Waals surface area contributed by atoms with Gasteiger partial charge in [0, 0.05) is 17.1 Å². The van der Waals surface area contributed by atoms with Crippen LogP contribution in [0.3, 0.4) is 0 Å². The molecule has 0 atom stereocenters. The number of hydrogen-bond acceptors (Lipinski definition) is 4. The van der Waals surface area contributed by atoms with Crippen LogP contribution in [0.15, 0.2) is 65.8 Å². The summed E-state index contributed by atoms with van der Waals surface area (Å²) < 4.78 is 1.58. The second-order valence-electron chi connectivity index (χ2n) is 6.21. The molecule has 0 aliphatic rings. The molecule has 0 spiro atoms. The number of anilines is 1. The fraction of sp³-hybridized carbons (Fsp3) is 0.100. The molecule has 2 aromatic heterocycles. The number of hydrogen-bond donors (Lipinski definition) is 2. The smallest absolute Gasteiger partial charge is 0.261 e. The lowest BCUT2D eigenvalue weighted by Crippen LogP contribution is -2.12. The molecule has 4 aromatic rings. The van der Waals surface area contributed by atoms with Crippen LogP contribution in [0.2, 0.25) is 5.02 Å². The summed E-state index contributed by atoms with van der Waals surface area (Å²) in [7, 11) is 0. The zero-order chi connectivity index (χ0) is 19.5. The van der Waals surface area contributed by atoms with Crippen molar-refractivity contribution >= 4 is 34.2 Å². The van der Waals surface area contributed by atoms with Gasteiger partial charge in [0.05, 0.1) is 18.2 Å². The Kier molecular flexibility index (Phi) is 4.90. The summed E-state index contributed by atoms with van der Waals surface area (Å²) in [6.07, 6.45) is 3.73. The minimum absolute atomic E-state index is 0.0922. The molecule has 7 nitrogen and oxygen atoms in total. The number of aryl methyl sites for hydroxylation is 1. The van der Waals surface area contributed by atoms with Crippen LogP contribution >= 0.6 is 11.6 Å². The third kappa shape index (κ3) is 3.65. The van der Waals surface area contributed by atoms with Crippen LogP contribution in [0, 0.1) is 0 Å². The average Bonchev–Trinajstić information content (AvgIpc) is 3.13. The van der Waals surface area contributed by atoms with Gasteiger partial charge in [0.1, 0.15) is 5.39 Å². The number of aromatic amines is 1. The molecule has 0 saturated heterocycles. The van der Waals surface area contributed by atoms with Gasteiger partial charge in [-0.15, -0.1) is 0 Å². The van der Waals surface area contributed by atoms with Gasteiger partial charge in [-0.05, 0) is 42.3 Å². The summed E-state index contributed by atoms with van der Waals surface area (Å²) in [5.41, 5.74) is 2.60. The van der Waals surface area contributed by atoms with Crippen molar-refractivity contribution in [2.45, 2.75) is 12.8 Å². The second kappa shape index (κ2) is 7.66. The summed E-state index contributed by atoms with van der Waals surface area (Å²) in [6.45, 7) is 0. The molecule has 2 N–H and O–H groups in total.